The van der Waals surface area contributed by atoms with Crippen LogP contribution in [-0.4, -0.2) is 18.3 Å². The lowest BCUT2D eigenvalue weighted by Gasteiger charge is -2.32. The Morgan fingerprint density at radius 3 is 2.04 bits per heavy atom. The Bertz CT molecular complexity index is 559. The van der Waals surface area contributed by atoms with Crippen molar-refractivity contribution < 1.29 is 9.31 Å². The largest absolute Gasteiger partial charge is 0.461 e. The molecule has 2 nitrogen and oxygen atoms in total. The van der Waals surface area contributed by atoms with E-state index in [1.165, 1.54) is 76.2 Å². The zero-order chi connectivity index (χ0) is 20.0. The summed E-state index contributed by atoms with van der Waals surface area (Å²) < 4.78 is 13.1. The van der Waals surface area contributed by atoms with Crippen LogP contribution in [-0.2, 0) is 15.7 Å². The second-order valence-electron chi connectivity index (χ2n) is 10.1. The average molecular weight is 384 g/mol. The molecule has 3 heteroatoms. The van der Waals surface area contributed by atoms with Crippen molar-refractivity contribution in [1.82, 2.24) is 0 Å². The van der Waals surface area contributed by atoms with Crippen molar-refractivity contribution in [2.24, 2.45) is 5.92 Å². The maximum Gasteiger partial charge on any atom is 0.461 e. The molecule has 3 rings (SSSR count). The van der Waals surface area contributed by atoms with Gasteiger partial charge < -0.3 is 9.31 Å². The standard InChI is InChI=1S/C25H41BO2/c1-24(2)25(3,4)28-26(27-24)23(22-18-11-6-5-7-12-19-22)20-14-13-17-21-15-9-8-10-16-21/h8-10,15-16,22-23H,5-7,11-14,17-20H2,1-4H3/t23-/m0/s1. The zero-order valence-electron chi connectivity index (χ0n) is 18.7. The van der Waals surface area contributed by atoms with E-state index in [9.17, 15) is 0 Å². The summed E-state index contributed by atoms with van der Waals surface area (Å²) in [5, 5.41) is 0. The first-order chi connectivity index (χ1) is 13.4. The number of hydrogen-bond donors (Lipinski definition) is 0. The Kier molecular flexibility index (Phi) is 7.67. The topological polar surface area (TPSA) is 18.5 Å². The monoisotopic (exact) mass is 384 g/mol. The maximum absolute atomic E-state index is 6.54. The predicted molar refractivity (Wildman–Crippen MR) is 120 cm³/mol. The van der Waals surface area contributed by atoms with Gasteiger partial charge in [-0.3, -0.25) is 0 Å². The molecule has 0 aromatic heterocycles. The van der Waals surface area contributed by atoms with Crippen LogP contribution >= 0.6 is 0 Å². The molecule has 1 aliphatic carbocycles. The summed E-state index contributed by atoms with van der Waals surface area (Å²) in [4.78, 5) is 0. The maximum atomic E-state index is 6.54. The normalized spacial score (nSPS) is 23.9. The third-order valence-electron chi connectivity index (χ3n) is 7.47. The predicted octanol–water partition coefficient (Wildman–Crippen LogP) is 7.22. The summed E-state index contributed by atoms with van der Waals surface area (Å²) in [7, 11) is -0.0360. The molecule has 1 saturated carbocycles. The molecule has 0 bridgehead atoms. The molecular weight excluding hydrogens is 343 g/mol. The smallest absolute Gasteiger partial charge is 0.403 e. The fraction of sp³-hybridized carbons (Fsp3) is 0.760. The van der Waals surface area contributed by atoms with Crippen molar-refractivity contribution in [2.75, 3.05) is 0 Å². The van der Waals surface area contributed by atoms with Crippen LogP contribution in [0.1, 0.15) is 97.5 Å². The van der Waals surface area contributed by atoms with Crippen LogP contribution in [0.2, 0.25) is 5.82 Å². The highest BCUT2D eigenvalue weighted by Crippen LogP contribution is 2.46. The number of unbranched alkanes of at least 4 members (excludes halogenated alkanes) is 1. The molecule has 0 spiro atoms. The van der Waals surface area contributed by atoms with Gasteiger partial charge in [0.15, 0.2) is 0 Å². The highest BCUT2D eigenvalue weighted by atomic mass is 16.7. The third-order valence-corrected chi connectivity index (χ3v) is 7.47. The zero-order valence-corrected chi connectivity index (χ0v) is 18.7. The fourth-order valence-corrected chi connectivity index (χ4v) is 4.93. The lowest BCUT2D eigenvalue weighted by atomic mass is 9.60. The minimum absolute atomic E-state index is 0.0360. The van der Waals surface area contributed by atoms with Gasteiger partial charge in [0.1, 0.15) is 0 Å². The molecule has 1 aliphatic heterocycles. The first-order valence-electron chi connectivity index (χ1n) is 11.8. The summed E-state index contributed by atoms with van der Waals surface area (Å²) >= 11 is 0. The Hall–Kier alpha value is -0.795. The van der Waals surface area contributed by atoms with E-state index in [1.54, 1.807) is 0 Å². The van der Waals surface area contributed by atoms with Crippen molar-refractivity contribution in [3.05, 3.63) is 35.9 Å². The molecule has 0 amide bonds. The van der Waals surface area contributed by atoms with Crippen molar-refractivity contribution in [2.45, 2.75) is 115 Å². The van der Waals surface area contributed by atoms with Crippen LogP contribution in [0.3, 0.4) is 0 Å². The van der Waals surface area contributed by atoms with Crippen LogP contribution in [0.15, 0.2) is 30.3 Å². The summed E-state index contributed by atoms with van der Waals surface area (Å²) in [5.41, 5.74) is 1.02. The first kappa shape index (κ1) is 21.9. The van der Waals surface area contributed by atoms with Crippen LogP contribution in [0, 0.1) is 5.92 Å². The Morgan fingerprint density at radius 2 is 1.43 bits per heavy atom. The van der Waals surface area contributed by atoms with E-state index in [2.05, 4.69) is 58.0 Å². The second kappa shape index (κ2) is 9.81. The highest BCUT2D eigenvalue weighted by Gasteiger charge is 2.54. The highest BCUT2D eigenvalue weighted by molar-refractivity contribution is 6.47. The third kappa shape index (κ3) is 5.63. The van der Waals surface area contributed by atoms with E-state index >= 15 is 0 Å². The van der Waals surface area contributed by atoms with Gasteiger partial charge in [0.05, 0.1) is 11.2 Å². The van der Waals surface area contributed by atoms with Gasteiger partial charge in [-0.15, -0.1) is 0 Å². The van der Waals surface area contributed by atoms with Gasteiger partial charge in [-0.05, 0) is 57.8 Å². The Labute approximate surface area is 173 Å². The van der Waals surface area contributed by atoms with Gasteiger partial charge in [0.2, 0.25) is 0 Å². The van der Waals surface area contributed by atoms with Crippen LogP contribution in [0.4, 0.5) is 0 Å². The molecule has 2 aliphatic rings. The van der Waals surface area contributed by atoms with E-state index < -0.39 is 0 Å². The number of aryl methyl sites for hydroxylation is 1. The molecular formula is C25H41BO2. The molecule has 1 heterocycles. The van der Waals surface area contributed by atoms with Gasteiger partial charge in [0, 0.05) is 0 Å². The molecule has 1 aromatic carbocycles. The minimum Gasteiger partial charge on any atom is -0.403 e. The summed E-state index contributed by atoms with van der Waals surface area (Å²) in [6.07, 6.45) is 14.6. The minimum atomic E-state index is -0.221. The van der Waals surface area contributed by atoms with Gasteiger partial charge >= 0.3 is 7.12 Å². The SMILES string of the molecule is CC1(C)OB([C@@H](CCCCc2ccccc2)C2CCCCCCC2)OC1(C)C. The van der Waals surface area contributed by atoms with E-state index in [0.29, 0.717) is 5.82 Å². The van der Waals surface area contributed by atoms with Crippen LogP contribution in [0.5, 0.6) is 0 Å². The second-order valence-corrected chi connectivity index (χ2v) is 10.1. The van der Waals surface area contributed by atoms with E-state index in [-0.39, 0.29) is 18.3 Å². The van der Waals surface area contributed by atoms with Gasteiger partial charge in [-0.25, -0.2) is 0 Å². The van der Waals surface area contributed by atoms with Crippen LogP contribution in [0.25, 0.3) is 0 Å². The quantitative estimate of drug-likeness (QED) is 0.365. The van der Waals surface area contributed by atoms with Gasteiger partial charge in [-0.2, -0.15) is 0 Å². The molecule has 28 heavy (non-hydrogen) atoms. The van der Waals surface area contributed by atoms with Gasteiger partial charge in [-0.1, -0.05) is 88.1 Å². The van der Waals surface area contributed by atoms with E-state index in [1.807, 2.05) is 0 Å². The average Bonchev–Trinajstić information content (AvgIpc) is 2.84. The summed E-state index contributed by atoms with van der Waals surface area (Å²) in [6, 6.07) is 10.9. The van der Waals surface area contributed by atoms with Crippen molar-refractivity contribution in [3.8, 4) is 0 Å². The fourth-order valence-electron chi connectivity index (χ4n) is 4.93. The molecule has 1 aromatic rings. The lowest BCUT2D eigenvalue weighted by Crippen LogP contribution is -2.41. The van der Waals surface area contributed by atoms with Crippen LogP contribution < -0.4 is 0 Å². The molecule has 156 valence electrons. The first-order valence-corrected chi connectivity index (χ1v) is 11.8. The van der Waals surface area contributed by atoms with E-state index in [4.69, 9.17) is 9.31 Å². The Morgan fingerprint density at radius 1 is 0.857 bits per heavy atom. The van der Waals surface area contributed by atoms with Crippen molar-refractivity contribution >= 4 is 7.12 Å². The molecule has 1 saturated heterocycles. The molecule has 2 fully saturated rings. The molecule has 0 N–H and O–H groups in total. The molecule has 0 unspecified atom stereocenters. The van der Waals surface area contributed by atoms with Gasteiger partial charge in [0.25, 0.3) is 0 Å². The van der Waals surface area contributed by atoms with Crippen molar-refractivity contribution in [3.63, 3.8) is 0 Å². The van der Waals surface area contributed by atoms with Crippen molar-refractivity contribution in [1.29, 1.82) is 0 Å². The Balaban J connectivity index is 1.62. The summed E-state index contributed by atoms with van der Waals surface area (Å²) in [5.74, 6) is 1.29. The lowest BCUT2D eigenvalue weighted by molar-refractivity contribution is 0.00578. The van der Waals surface area contributed by atoms with E-state index in [0.717, 1.165) is 5.92 Å². The number of hydrogen-bond acceptors (Lipinski definition) is 2. The number of benzene rings is 1. The molecule has 0 radical (unpaired) electrons. The number of rotatable bonds is 7. The summed E-state index contributed by atoms with van der Waals surface area (Å²) in [6.45, 7) is 8.77. The molecule has 1 atom stereocenters.